The molecule has 0 aliphatic heterocycles. The smallest absolute Gasteiger partial charge is 0.462 e. The van der Waals surface area contributed by atoms with Crippen LogP contribution in [0.5, 0.6) is 0 Å². The summed E-state index contributed by atoms with van der Waals surface area (Å²) >= 11 is 0. The monoisotopic (exact) mass is 758 g/mol. The minimum Gasteiger partial charge on any atom is -0.462 e. The van der Waals surface area contributed by atoms with Crippen molar-refractivity contribution in [3.05, 3.63) is 97.2 Å². The zero-order valence-electron chi connectivity index (χ0n) is 32.4. The summed E-state index contributed by atoms with van der Waals surface area (Å²) in [5.41, 5.74) is 0. The SMILES string of the molecule is CC/C=C\C/C=C\C/C=C\C/C=C\C/C=C\C/C=C\CCC(=O)O[C@H](COC(=O)CCCCCCC/C=C\C=C\C(=O)CCCCC)COP(=O)(O)O. The molecule has 0 heterocycles. The number of rotatable bonds is 34. The van der Waals surface area contributed by atoms with Crippen molar-refractivity contribution in [2.24, 2.45) is 0 Å². The summed E-state index contributed by atoms with van der Waals surface area (Å²) in [5, 5.41) is 0. The fourth-order valence-electron chi connectivity index (χ4n) is 4.67. The van der Waals surface area contributed by atoms with Crippen molar-refractivity contribution >= 4 is 25.5 Å². The van der Waals surface area contributed by atoms with E-state index < -0.39 is 32.5 Å². The lowest BCUT2D eigenvalue weighted by atomic mass is 10.1. The molecule has 0 aliphatic carbocycles. The highest BCUT2D eigenvalue weighted by atomic mass is 31.2. The second-order valence-corrected chi connectivity index (χ2v) is 13.8. The number of esters is 2. The van der Waals surface area contributed by atoms with Crippen molar-refractivity contribution in [3.8, 4) is 0 Å². The number of allylic oxidation sites excluding steroid dienone is 16. The van der Waals surface area contributed by atoms with Crippen LogP contribution in [-0.4, -0.2) is 46.8 Å². The molecule has 0 radical (unpaired) electrons. The van der Waals surface area contributed by atoms with E-state index in [0.717, 1.165) is 89.9 Å². The average Bonchev–Trinajstić information content (AvgIpc) is 3.12. The molecular weight excluding hydrogens is 691 g/mol. The van der Waals surface area contributed by atoms with Gasteiger partial charge in [-0.05, 0) is 76.7 Å². The first-order chi connectivity index (χ1) is 25.7. The molecule has 0 fully saturated rings. The predicted octanol–water partition coefficient (Wildman–Crippen LogP) is 11.0. The molecule has 0 aromatic carbocycles. The third kappa shape index (κ3) is 39.7. The van der Waals surface area contributed by atoms with Crippen molar-refractivity contribution in [1.29, 1.82) is 0 Å². The first kappa shape index (κ1) is 49.6. The molecule has 0 aromatic heterocycles. The minimum absolute atomic E-state index is 0.0633. The van der Waals surface area contributed by atoms with Crippen LogP contribution in [0.1, 0.15) is 136 Å². The van der Waals surface area contributed by atoms with Gasteiger partial charge in [0.2, 0.25) is 0 Å². The molecule has 9 nitrogen and oxygen atoms in total. The van der Waals surface area contributed by atoms with Gasteiger partial charge in [-0.1, -0.05) is 137 Å². The largest absolute Gasteiger partial charge is 0.469 e. The van der Waals surface area contributed by atoms with Gasteiger partial charge in [-0.25, -0.2) is 4.57 Å². The Morgan fingerprint density at radius 3 is 1.70 bits per heavy atom. The van der Waals surface area contributed by atoms with Crippen LogP contribution in [-0.2, 0) is 32.9 Å². The Hall–Kier alpha value is -3.36. The van der Waals surface area contributed by atoms with Gasteiger partial charge in [0.25, 0.3) is 0 Å². The maximum Gasteiger partial charge on any atom is 0.469 e. The average molecular weight is 759 g/mol. The van der Waals surface area contributed by atoms with Gasteiger partial charge in [-0.2, -0.15) is 0 Å². The summed E-state index contributed by atoms with van der Waals surface area (Å²) in [6.45, 7) is 3.30. The fraction of sp³-hybridized carbons (Fsp3) is 0.558. The topological polar surface area (TPSA) is 136 Å². The lowest BCUT2D eigenvalue weighted by Crippen LogP contribution is -2.29. The molecule has 0 saturated heterocycles. The van der Waals surface area contributed by atoms with Crippen LogP contribution in [0.2, 0.25) is 0 Å². The maximum absolute atomic E-state index is 12.3. The van der Waals surface area contributed by atoms with Crippen molar-refractivity contribution in [3.63, 3.8) is 0 Å². The maximum atomic E-state index is 12.3. The van der Waals surface area contributed by atoms with Crippen LogP contribution in [0.4, 0.5) is 0 Å². The van der Waals surface area contributed by atoms with Gasteiger partial charge in [0.05, 0.1) is 6.61 Å². The molecule has 298 valence electrons. The number of hydrogen-bond acceptors (Lipinski definition) is 7. The standard InChI is InChI=1S/C43H67O9P/c1-3-5-7-8-9-10-11-12-13-14-15-16-17-18-19-22-26-29-33-37-43(46)52-41(39-51-53(47,48)49)38-50-42(45)36-32-28-25-23-20-21-24-27-31-35-40(44)34-30-6-4-2/h5,7,9-10,12-13,15-16,18-19,24,26-27,29,31,35,41H,3-4,6,8,11,14,17,20-23,25,28,30,32-34,36-39H2,1-2H3,(H2,47,48,49)/b7-5-,10-9-,13-12-,16-15-,19-18-,27-24-,29-26-,35-31+/t41-/m1/s1. The van der Waals surface area contributed by atoms with E-state index in [1.807, 2.05) is 18.2 Å². The van der Waals surface area contributed by atoms with Crippen LogP contribution in [0, 0.1) is 0 Å². The molecule has 0 spiro atoms. The molecular formula is C43H67O9P. The quantitative estimate of drug-likeness (QED) is 0.0164. The third-order valence-electron chi connectivity index (χ3n) is 7.58. The van der Waals surface area contributed by atoms with Crippen LogP contribution >= 0.6 is 7.82 Å². The number of ether oxygens (including phenoxy) is 2. The molecule has 0 amide bonds. The summed E-state index contributed by atoms with van der Waals surface area (Å²) in [6.07, 6.45) is 46.9. The lowest BCUT2D eigenvalue weighted by molar-refractivity contribution is -0.161. The molecule has 0 aromatic rings. The van der Waals surface area contributed by atoms with E-state index in [9.17, 15) is 18.9 Å². The second-order valence-electron chi connectivity index (χ2n) is 12.6. The van der Waals surface area contributed by atoms with Crippen LogP contribution in [0.25, 0.3) is 0 Å². The molecule has 0 unspecified atom stereocenters. The predicted molar refractivity (Wildman–Crippen MR) is 216 cm³/mol. The zero-order valence-corrected chi connectivity index (χ0v) is 33.3. The number of phosphoric ester groups is 1. The van der Waals surface area contributed by atoms with E-state index in [4.69, 9.17) is 19.3 Å². The first-order valence-electron chi connectivity index (χ1n) is 19.5. The van der Waals surface area contributed by atoms with Gasteiger partial charge in [0.15, 0.2) is 11.9 Å². The summed E-state index contributed by atoms with van der Waals surface area (Å²) in [4.78, 5) is 54.4. The Bertz CT molecular complexity index is 1230. The summed E-state index contributed by atoms with van der Waals surface area (Å²) in [7, 11) is -4.80. The normalized spacial score (nSPS) is 13.4. The third-order valence-corrected chi connectivity index (χ3v) is 8.06. The van der Waals surface area contributed by atoms with Crippen molar-refractivity contribution in [1.82, 2.24) is 0 Å². The Labute approximate surface area is 320 Å². The summed E-state index contributed by atoms with van der Waals surface area (Å²) < 4.78 is 26.2. The Balaban J connectivity index is 4.18. The van der Waals surface area contributed by atoms with Gasteiger partial charge in [0, 0.05) is 19.3 Å². The molecule has 0 bridgehead atoms. The van der Waals surface area contributed by atoms with Gasteiger partial charge in [-0.3, -0.25) is 18.9 Å². The number of ketones is 1. The number of carbonyl (C=O) groups is 3. The highest BCUT2D eigenvalue weighted by molar-refractivity contribution is 7.46. The molecule has 10 heteroatoms. The van der Waals surface area contributed by atoms with Gasteiger partial charge < -0.3 is 19.3 Å². The van der Waals surface area contributed by atoms with Crippen LogP contribution in [0.3, 0.4) is 0 Å². The van der Waals surface area contributed by atoms with E-state index in [1.54, 1.807) is 12.2 Å². The van der Waals surface area contributed by atoms with E-state index in [1.165, 1.54) is 0 Å². The molecule has 0 rings (SSSR count). The second kappa shape index (κ2) is 37.0. The number of unbranched alkanes of at least 4 members (excludes halogenated alkanes) is 7. The van der Waals surface area contributed by atoms with Gasteiger partial charge >= 0.3 is 19.8 Å². The van der Waals surface area contributed by atoms with Crippen molar-refractivity contribution < 1.29 is 42.7 Å². The molecule has 0 aliphatic rings. The van der Waals surface area contributed by atoms with E-state index in [-0.39, 0.29) is 25.2 Å². The van der Waals surface area contributed by atoms with Crippen molar-refractivity contribution in [2.45, 2.75) is 142 Å². The Morgan fingerprint density at radius 2 is 1.11 bits per heavy atom. The summed E-state index contributed by atoms with van der Waals surface area (Å²) in [6, 6.07) is 0. The van der Waals surface area contributed by atoms with Crippen molar-refractivity contribution in [2.75, 3.05) is 13.2 Å². The Kier molecular flexibility index (Phi) is 34.6. The highest BCUT2D eigenvalue weighted by Gasteiger charge is 2.22. The number of carbonyl (C=O) groups excluding carboxylic acids is 3. The van der Waals surface area contributed by atoms with Gasteiger partial charge in [0.1, 0.15) is 6.61 Å². The molecule has 2 N–H and O–H groups in total. The first-order valence-corrected chi connectivity index (χ1v) is 21.0. The molecule has 0 saturated carbocycles. The summed E-state index contributed by atoms with van der Waals surface area (Å²) in [5.74, 6) is -0.888. The zero-order chi connectivity index (χ0) is 39.1. The van der Waals surface area contributed by atoms with E-state index >= 15 is 0 Å². The van der Waals surface area contributed by atoms with Crippen LogP contribution in [0.15, 0.2) is 97.2 Å². The fourth-order valence-corrected chi connectivity index (χ4v) is 5.03. The number of phosphoric acid groups is 1. The highest BCUT2D eigenvalue weighted by Crippen LogP contribution is 2.35. The van der Waals surface area contributed by atoms with E-state index in [0.29, 0.717) is 19.3 Å². The minimum atomic E-state index is -4.80. The lowest BCUT2D eigenvalue weighted by Gasteiger charge is -2.18. The molecule has 53 heavy (non-hydrogen) atoms. The van der Waals surface area contributed by atoms with Crippen LogP contribution < -0.4 is 0 Å². The number of hydrogen-bond donors (Lipinski definition) is 2. The van der Waals surface area contributed by atoms with Gasteiger partial charge in [-0.15, -0.1) is 0 Å². The van der Waals surface area contributed by atoms with E-state index in [2.05, 4.69) is 85.2 Å². The Morgan fingerprint density at radius 1 is 0.566 bits per heavy atom. The molecule has 1 atom stereocenters.